The minimum absolute atomic E-state index is 0.297. The Labute approximate surface area is 225 Å². The van der Waals surface area contributed by atoms with E-state index in [1.54, 1.807) is 0 Å². The summed E-state index contributed by atoms with van der Waals surface area (Å²) in [6, 6.07) is 49.9. The van der Waals surface area contributed by atoms with E-state index in [2.05, 4.69) is 133 Å². The Morgan fingerprint density at radius 2 is 0.868 bits per heavy atom. The molecule has 9 rings (SSSR count). The molecule has 1 heterocycles. The van der Waals surface area contributed by atoms with Crippen LogP contribution < -0.4 is 0 Å². The van der Waals surface area contributed by atoms with Gasteiger partial charge in [0.25, 0.3) is 0 Å². The fourth-order valence-electron chi connectivity index (χ4n) is 7.18. The van der Waals surface area contributed by atoms with Crippen LogP contribution in [0.2, 0.25) is 0 Å². The smallest absolute Gasteiger partial charge is 0.0725 e. The summed E-state index contributed by atoms with van der Waals surface area (Å²) >= 11 is 1.88. The van der Waals surface area contributed by atoms with E-state index in [1.165, 1.54) is 75.8 Å². The maximum Gasteiger partial charge on any atom is 0.0725 e. The van der Waals surface area contributed by atoms with E-state index in [0.29, 0.717) is 0 Å². The Morgan fingerprint density at radius 3 is 1.55 bits per heavy atom. The second-order valence-corrected chi connectivity index (χ2v) is 11.5. The summed E-state index contributed by atoms with van der Waals surface area (Å²) < 4.78 is 2.70. The van der Waals surface area contributed by atoms with E-state index in [4.69, 9.17) is 0 Å². The van der Waals surface area contributed by atoms with E-state index in [-0.39, 0.29) is 5.41 Å². The minimum Gasteiger partial charge on any atom is -0.135 e. The highest BCUT2D eigenvalue weighted by Gasteiger charge is 2.51. The highest BCUT2D eigenvalue weighted by molar-refractivity contribution is 7.25. The molecule has 0 radical (unpaired) electrons. The number of rotatable bonds is 1. The zero-order valence-electron chi connectivity index (χ0n) is 20.6. The van der Waals surface area contributed by atoms with Crippen LogP contribution in [0.5, 0.6) is 0 Å². The summed E-state index contributed by atoms with van der Waals surface area (Å²) in [6.45, 7) is 0. The third kappa shape index (κ3) is 2.45. The molecule has 1 heteroatoms. The Morgan fingerprint density at radius 1 is 0.368 bits per heavy atom. The van der Waals surface area contributed by atoms with Gasteiger partial charge in [0.1, 0.15) is 0 Å². The SMILES string of the molecule is c1ccc2c(c1)-c1ccccc1C21c2ccccc2-c2ccc(-c3ccc4sc5ccccc5c4c3)cc21. The summed E-state index contributed by atoms with van der Waals surface area (Å²) in [4.78, 5) is 0. The molecule has 0 nitrogen and oxygen atoms in total. The lowest BCUT2D eigenvalue weighted by Crippen LogP contribution is -2.25. The number of hydrogen-bond donors (Lipinski definition) is 0. The van der Waals surface area contributed by atoms with Crippen LogP contribution in [0.15, 0.2) is 133 Å². The third-order valence-electron chi connectivity index (χ3n) is 8.71. The van der Waals surface area contributed by atoms with Crippen LogP contribution in [-0.4, -0.2) is 0 Å². The van der Waals surface area contributed by atoms with Gasteiger partial charge in [-0.25, -0.2) is 0 Å². The van der Waals surface area contributed by atoms with Crippen molar-refractivity contribution in [3.63, 3.8) is 0 Å². The molecule has 0 N–H and O–H groups in total. The van der Waals surface area contributed by atoms with E-state index in [9.17, 15) is 0 Å². The van der Waals surface area contributed by atoms with E-state index in [1.807, 2.05) is 11.3 Å². The van der Waals surface area contributed by atoms with E-state index in [0.717, 1.165) is 0 Å². The number of fused-ring (bicyclic) bond motifs is 13. The molecular formula is C37H22S. The predicted octanol–water partition coefficient (Wildman–Crippen LogP) is 10.1. The molecule has 0 amide bonds. The normalized spacial score (nSPS) is 14.0. The van der Waals surface area contributed by atoms with Crippen LogP contribution in [0, 0.1) is 0 Å². The lowest BCUT2D eigenvalue weighted by Gasteiger charge is -2.30. The quantitative estimate of drug-likeness (QED) is 0.211. The lowest BCUT2D eigenvalue weighted by molar-refractivity contribution is 0.794. The molecule has 0 fully saturated rings. The van der Waals surface area contributed by atoms with Gasteiger partial charge in [-0.3, -0.25) is 0 Å². The van der Waals surface area contributed by atoms with E-state index < -0.39 is 0 Å². The minimum atomic E-state index is -0.297. The van der Waals surface area contributed by atoms with Gasteiger partial charge in [-0.2, -0.15) is 0 Å². The highest BCUT2D eigenvalue weighted by atomic mass is 32.1. The molecule has 7 aromatic rings. The Kier molecular flexibility index (Phi) is 3.96. The number of benzene rings is 6. The van der Waals surface area contributed by atoms with Crippen LogP contribution in [-0.2, 0) is 5.41 Å². The molecular weight excluding hydrogens is 476 g/mol. The van der Waals surface area contributed by atoms with Crippen molar-refractivity contribution in [3.05, 3.63) is 156 Å². The summed E-state index contributed by atoms with van der Waals surface area (Å²) in [5.74, 6) is 0. The second-order valence-electron chi connectivity index (χ2n) is 10.5. The third-order valence-corrected chi connectivity index (χ3v) is 9.86. The molecule has 0 saturated heterocycles. The van der Waals surface area contributed by atoms with Crippen molar-refractivity contribution in [2.45, 2.75) is 5.41 Å². The molecule has 0 atom stereocenters. The summed E-state index contributed by atoms with van der Waals surface area (Å²) in [6.07, 6.45) is 0. The Bertz CT molecular complexity index is 2030. The van der Waals surface area contributed by atoms with Crippen molar-refractivity contribution in [1.82, 2.24) is 0 Å². The Hall–Kier alpha value is -4.46. The summed E-state index contributed by atoms with van der Waals surface area (Å²) in [5.41, 5.74) is 13.2. The molecule has 0 bridgehead atoms. The largest absolute Gasteiger partial charge is 0.135 e. The molecule has 1 aromatic heterocycles. The first kappa shape index (κ1) is 20.6. The molecule has 0 saturated carbocycles. The monoisotopic (exact) mass is 498 g/mol. The maximum atomic E-state index is 2.48. The first-order chi connectivity index (χ1) is 18.8. The first-order valence-corrected chi connectivity index (χ1v) is 14.0. The zero-order valence-corrected chi connectivity index (χ0v) is 21.4. The average molecular weight is 499 g/mol. The van der Waals surface area contributed by atoms with Crippen LogP contribution >= 0.6 is 11.3 Å². The van der Waals surface area contributed by atoms with Crippen LogP contribution in [0.25, 0.3) is 53.6 Å². The van der Waals surface area contributed by atoms with Gasteiger partial charge in [-0.1, -0.05) is 109 Å². The summed E-state index contributed by atoms with van der Waals surface area (Å²) in [5, 5.41) is 2.69. The van der Waals surface area contributed by atoms with Gasteiger partial charge in [-0.05, 0) is 79.9 Å². The molecule has 0 aliphatic heterocycles. The van der Waals surface area contributed by atoms with Crippen LogP contribution in [0.4, 0.5) is 0 Å². The Balaban J connectivity index is 1.35. The molecule has 176 valence electrons. The number of thiophene rings is 1. The molecule has 1 spiro atoms. The van der Waals surface area contributed by atoms with Gasteiger partial charge < -0.3 is 0 Å². The number of hydrogen-bond acceptors (Lipinski definition) is 1. The summed E-state index contributed by atoms with van der Waals surface area (Å²) in [7, 11) is 0. The topological polar surface area (TPSA) is 0 Å². The molecule has 2 aliphatic rings. The van der Waals surface area contributed by atoms with Gasteiger partial charge in [0, 0.05) is 20.2 Å². The van der Waals surface area contributed by atoms with Gasteiger partial charge in [0.15, 0.2) is 0 Å². The van der Waals surface area contributed by atoms with Crippen LogP contribution in [0.3, 0.4) is 0 Å². The first-order valence-electron chi connectivity index (χ1n) is 13.2. The average Bonchev–Trinajstić information content (AvgIpc) is 3.60. The van der Waals surface area contributed by atoms with Gasteiger partial charge in [0.2, 0.25) is 0 Å². The van der Waals surface area contributed by atoms with E-state index >= 15 is 0 Å². The highest BCUT2D eigenvalue weighted by Crippen LogP contribution is 2.63. The fourth-order valence-corrected chi connectivity index (χ4v) is 8.27. The van der Waals surface area contributed by atoms with Gasteiger partial charge >= 0.3 is 0 Å². The maximum absolute atomic E-state index is 2.48. The standard InChI is InChI=1S/C37H22S/c1-5-13-31-25(9-1)26-10-2-6-14-32(26)37(31)33-15-7-3-11-27(33)28-19-17-24(22-34(28)37)23-18-20-36-30(21-23)29-12-4-8-16-35(29)38-36/h1-22H. The predicted molar refractivity (Wildman–Crippen MR) is 161 cm³/mol. The molecule has 6 aromatic carbocycles. The lowest BCUT2D eigenvalue weighted by atomic mass is 9.70. The fraction of sp³-hybridized carbons (Fsp3) is 0.0270. The molecule has 38 heavy (non-hydrogen) atoms. The van der Waals surface area contributed by atoms with Crippen molar-refractivity contribution in [3.8, 4) is 33.4 Å². The van der Waals surface area contributed by atoms with Crippen molar-refractivity contribution in [1.29, 1.82) is 0 Å². The van der Waals surface area contributed by atoms with Crippen molar-refractivity contribution in [2.75, 3.05) is 0 Å². The van der Waals surface area contributed by atoms with Gasteiger partial charge in [0.05, 0.1) is 5.41 Å². The van der Waals surface area contributed by atoms with Gasteiger partial charge in [-0.15, -0.1) is 11.3 Å². The van der Waals surface area contributed by atoms with Crippen molar-refractivity contribution in [2.24, 2.45) is 0 Å². The molecule has 2 aliphatic carbocycles. The second kappa shape index (κ2) is 7.31. The zero-order chi connectivity index (χ0) is 24.8. The van der Waals surface area contributed by atoms with Crippen molar-refractivity contribution >= 4 is 31.5 Å². The van der Waals surface area contributed by atoms with Crippen molar-refractivity contribution < 1.29 is 0 Å². The molecule has 0 unspecified atom stereocenters. The van der Waals surface area contributed by atoms with Crippen LogP contribution in [0.1, 0.15) is 22.3 Å².